The highest BCUT2D eigenvalue weighted by molar-refractivity contribution is 9.10. The predicted octanol–water partition coefficient (Wildman–Crippen LogP) is 3.78. The highest BCUT2D eigenvalue weighted by Gasteiger charge is 2.19. The fraction of sp³-hybridized carbons (Fsp3) is 0.667. The van der Waals surface area contributed by atoms with Gasteiger partial charge in [-0.1, -0.05) is 33.0 Å². The van der Waals surface area contributed by atoms with Crippen molar-refractivity contribution in [2.75, 3.05) is 13.2 Å². The number of aromatic amines is 1. The van der Waals surface area contributed by atoms with Crippen molar-refractivity contribution in [3.63, 3.8) is 0 Å². The van der Waals surface area contributed by atoms with E-state index in [0.29, 0.717) is 11.2 Å². The van der Waals surface area contributed by atoms with E-state index >= 15 is 0 Å². The van der Waals surface area contributed by atoms with Gasteiger partial charge in [-0.3, -0.25) is 0 Å². The van der Waals surface area contributed by atoms with E-state index in [1.807, 2.05) is 6.92 Å². The van der Waals surface area contributed by atoms with Crippen molar-refractivity contribution in [2.45, 2.75) is 39.5 Å². The van der Waals surface area contributed by atoms with Crippen LogP contribution in [-0.4, -0.2) is 23.2 Å². The van der Waals surface area contributed by atoms with Crippen molar-refractivity contribution < 1.29 is 4.74 Å². The summed E-state index contributed by atoms with van der Waals surface area (Å²) in [6, 6.07) is 0. The van der Waals surface area contributed by atoms with Crippen LogP contribution >= 0.6 is 28.1 Å². The monoisotopic (exact) mass is 318 g/mol. The number of H-pyrrole nitrogens is 1. The number of rotatable bonds is 4. The van der Waals surface area contributed by atoms with E-state index in [4.69, 9.17) is 17.0 Å². The molecule has 1 aromatic rings. The smallest absolute Gasteiger partial charge is 0.144 e. The van der Waals surface area contributed by atoms with Crippen LogP contribution in [0.3, 0.4) is 0 Å². The summed E-state index contributed by atoms with van der Waals surface area (Å²) in [6.07, 6.45) is 0.758. The molecule has 96 valence electrons. The Bertz CT molecular complexity index is 437. The Morgan fingerprint density at radius 1 is 1.41 bits per heavy atom. The number of hydrogen-bond donors (Lipinski definition) is 1. The predicted molar refractivity (Wildman–Crippen MR) is 76.0 cm³/mol. The third-order valence-electron chi connectivity index (χ3n) is 2.35. The van der Waals surface area contributed by atoms with Crippen molar-refractivity contribution >= 4 is 28.1 Å². The summed E-state index contributed by atoms with van der Waals surface area (Å²) in [6.45, 7) is 9.81. The average molecular weight is 319 g/mol. The Hall–Kier alpha value is -0.260. The maximum atomic E-state index is 5.33. The second-order valence-corrected chi connectivity index (χ2v) is 6.05. The lowest BCUT2D eigenvalue weighted by atomic mass is 9.92. The first-order chi connectivity index (χ1) is 7.86. The summed E-state index contributed by atoms with van der Waals surface area (Å²) in [4.78, 5) is 7.70. The molecule has 5 heteroatoms. The van der Waals surface area contributed by atoms with Gasteiger partial charge in [0, 0.05) is 24.1 Å². The van der Waals surface area contributed by atoms with Crippen molar-refractivity contribution in [2.24, 2.45) is 0 Å². The lowest BCUT2D eigenvalue weighted by Crippen LogP contribution is -2.17. The molecule has 0 unspecified atom stereocenters. The Morgan fingerprint density at radius 2 is 2.06 bits per heavy atom. The highest BCUT2D eigenvalue weighted by atomic mass is 79.9. The molecule has 1 aromatic heterocycles. The van der Waals surface area contributed by atoms with Crippen LogP contribution in [0.1, 0.15) is 39.2 Å². The van der Waals surface area contributed by atoms with Crippen LogP contribution in [0.15, 0.2) is 4.47 Å². The number of aromatic nitrogens is 2. The molecule has 0 fully saturated rings. The molecule has 0 aliphatic carbocycles. The average Bonchev–Trinajstić information content (AvgIpc) is 2.21. The van der Waals surface area contributed by atoms with Crippen LogP contribution in [0.2, 0.25) is 0 Å². The molecule has 17 heavy (non-hydrogen) atoms. The van der Waals surface area contributed by atoms with Gasteiger partial charge >= 0.3 is 0 Å². The van der Waals surface area contributed by atoms with Gasteiger partial charge in [0.2, 0.25) is 0 Å². The van der Waals surface area contributed by atoms with Crippen LogP contribution in [0.5, 0.6) is 0 Å². The van der Waals surface area contributed by atoms with Gasteiger partial charge in [0.15, 0.2) is 0 Å². The zero-order valence-corrected chi connectivity index (χ0v) is 13.2. The lowest BCUT2D eigenvalue weighted by molar-refractivity contribution is 0.149. The van der Waals surface area contributed by atoms with Crippen molar-refractivity contribution in [3.8, 4) is 0 Å². The Labute approximate surface area is 116 Å². The van der Waals surface area contributed by atoms with Gasteiger partial charge in [0.25, 0.3) is 0 Å². The van der Waals surface area contributed by atoms with E-state index in [9.17, 15) is 0 Å². The fourth-order valence-electron chi connectivity index (χ4n) is 1.45. The first-order valence-corrected chi connectivity index (χ1v) is 6.93. The second-order valence-electron chi connectivity index (χ2n) is 4.87. The minimum atomic E-state index is 0.00962. The van der Waals surface area contributed by atoms with Gasteiger partial charge in [-0.25, -0.2) is 4.98 Å². The van der Waals surface area contributed by atoms with Gasteiger partial charge < -0.3 is 9.72 Å². The lowest BCUT2D eigenvalue weighted by Gasteiger charge is -2.21. The van der Waals surface area contributed by atoms with E-state index in [-0.39, 0.29) is 5.41 Å². The summed E-state index contributed by atoms with van der Waals surface area (Å²) in [5.41, 5.74) is 1.10. The third-order valence-corrected chi connectivity index (χ3v) is 3.68. The Morgan fingerprint density at radius 3 is 2.59 bits per heavy atom. The van der Waals surface area contributed by atoms with Crippen LogP contribution in [-0.2, 0) is 16.6 Å². The summed E-state index contributed by atoms with van der Waals surface area (Å²) in [5, 5.41) is 0. The van der Waals surface area contributed by atoms with Crippen LogP contribution in [0.4, 0.5) is 0 Å². The molecule has 1 heterocycles. The molecule has 0 bridgehead atoms. The molecule has 1 rings (SSSR count). The molecule has 0 aromatic carbocycles. The van der Waals surface area contributed by atoms with E-state index in [1.165, 1.54) is 0 Å². The molecule has 3 nitrogen and oxygen atoms in total. The number of hydrogen-bond acceptors (Lipinski definition) is 3. The third kappa shape index (κ3) is 4.16. The number of halogens is 1. The molecular formula is C12H19BrN2OS. The summed E-state index contributed by atoms with van der Waals surface area (Å²) in [7, 11) is 0. The van der Waals surface area contributed by atoms with Crippen LogP contribution in [0.25, 0.3) is 0 Å². The van der Waals surface area contributed by atoms with Gasteiger partial charge in [0.05, 0.1) is 11.1 Å². The first kappa shape index (κ1) is 14.8. The molecule has 0 saturated carbocycles. The van der Waals surface area contributed by atoms with E-state index < -0.39 is 0 Å². The van der Waals surface area contributed by atoms with E-state index in [1.54, 1.807) is 0 Å². The standard InChI is InChI=1S/C12H19BrN2OS/c1-5-16-7-6-8-14-10(12(2,3)4)9(13)11(17)15-8/h5-7H2,1-4H3,(H,14,15,17). The van der Waals surface area contributed by atoms with Gasteiger partial charge in [-0.2, -0.15) is 0 Å². The van der Waals surface area contributed by atoms with Gasteiger partial charge in [-0.05, 0) is 22.9 Å². The number of ether oxygens (including phenoxy) is 1. The molecule has 0 radical (unpaired) electrons. The van der Waals surface area contributed by atoms with Crippen molar-refractivity contribution in [3.05, 3.63) is 20.6 Å². The molecule has 0 spiro atoms. The van der Waals surface area contributed by atoms with Crippen LogP contribution < -0.4 is 0 Å². The number of nitrogens with zero attached hydrogens (tertiary/aromatic N) is 1. The molecule has 0 atom stereocenters. The Kier molecular flexibility index (Phi) is 5.28. The summed E-state index contributed by atoms with van der Waals surface area (Å²) in [5.74, 6) is 0.886. The zero-order valence-electron chi connectivity index (χ0n) is 10.8. The fourth-order valence-corrected chi connectivity index (χ4v) is 2.45. The largest absolute Gasteiger partial charge is 0.381 e. The topological polar surface area (TPSA) is 37.9 Å². The normalized spacial score (nSPS) is 11.8. The first-order valence-electron chi connectivity index (χ1n) is 5.73. The van der Waals surface area contributed by atoms with E-state index in [2.05, 4.69) is 46.7 Å². The molecule has 0 amide bonds. The SMILES string of the molecule is CCOCCc1nc(=S)c(Br)c(C(C)(C)C)[nH]1. The second kappa shape index (κ2) is 6.07. The van der Waals surface area contributed by atoms with Crippen LogP contribution in [0, 0.1) is 4.64 Å². The van der Waals surface area contributed by atoms with E-state index in [0.717, 1.165) is 29.0 Å². The molecule has 0 aliphatic heterocycles. The molecule has 0 aliphatic rings. The van der Waals surface area contributed by atoms with Gasteiger partial charge in [-0.15, -0.1) is 0 Å². The number of nitrogens with one attached hydrogen (secondary N) is 1. The quantitative estimate of drug-likeness (QED) is 0.678. The molecule has 0 saturated heterocycles. The van der Waals surface area contributed by atoms with Crippen molar-refractivity contribution in [1.82, 2.24) is 9.97 Å². The molecular weight excluding hydrogens is 300 g/mol. The highest BCUT2D eigenvalue weighted by Crippen LogP contribution is 2.28. The minimum absolute atomic E-state index is 0.00962. The summed E-state index contributed by atoms with van der Waals surface area (Å²) >= 11 is 8.76. The maximum absolute atomic E-state index is 5.33. The van der Waals surface area contributed by atoms with Gasteiger partial charge in [0.1, 0.15) is 10.5 Å². The maximum Gasteiger partial charge on any atom is 0.144 e. The van der Waals surface area contributed by atoms with Crippen molar-refractivity contribution in [1.29, 1.82) is 0 Å². The summed E-state index contributed by atoms with van der Waals surface area (Å²) < 4.78 is 6.83. The minimum Gasteiger partial charge on any atom is -0.381 e. The Balaban J connectivity index is 3.03. The molecule has 1 N–H and O–H groups in total. The zero-order chi connectivity index (χ0) is 13.1.